The maximum atomic E-state index is 12.6. The highest BCUT2D eigenvalue weighted by Gasteiger charge is 2.30. The van der Waals surface area contributed by atoms with Crippen molar-refractivity contribution in [2.24, 2.45) is 0 Å². The Morgan fingerprint density at radius 1 is 1.00 bits per heavy atom. The van der Waals surface area contributed by atoms with E-state index >= 15 is 0 Å². The van der Waals surface area contributed by atoms with Crippen LogP contribution < -0.4 is 5.32 Å². The van der Waals surface area contributed by atoms with Crippen LogP contribution in [0.4, 0.5) is 24.5 Å². The minimum absolute atomic E-state index is 0.282. The number of carbonyl (C=O) groups is 1. The van der Waals surface area contributed by atoms with E-state index in [-0.39, 0.29) is 5.69 Å². The second-order valence-corrected chi connectivity index (χ2v) is 3.91. The van der Waals surface area contributed by atoms with E-state index in [1.165, 1.54) is 12.1 Å². The third-order valence-corrected chi connectivity index (χ3v) is 2.56. The normalized spacial score (nSPS) is 11.1. The Labute approximate surface area is 107 Å². The molecule has 0 atom stereocenters. The van der Waals surface area contributed by atoms with E-state index in [4.69, 9.17) is 0 Å². The Bertz CT molecular complexity index is 593. The summed E-state index contributed by atoms with van der Waals surface area (Å²) in [6.45, 7) is 0. The predicted octanol–water partition coefficient (Wildman–Crippen LogP) is 4.26. The van der Waals surface area contributed by atoms with Crippen molar-refractivity contribution in [3.63, 3.8) is 0 Å². The summed E-state index contributed by atoms with van der Waals surface area (Å²) in [6, 6.07) is 11.4. The molecule has 0 aliphatic rings. The first-order valence-electron chi connectivity index (χ1n) is 5.49. The summed E-state index contributed by atoms with van der Waals surface area (Å²) < 4.78 is 37.7. The molecular formula is C14H10F3NO. The minimum Gasteiger partial charge on any atom is -0.355 e. The van der Waals surface area contributed by atoms with Gasteiger partial charge in [-0.3, -0.25) is 4.79 Å². The van der Waals surface area contributed by atoms with Gasteiger partial charge in [0.15, 0.2) is 6.29 Å². The fourth-order valence-electron chi connectivity index (χ4n) is 1.64. The van der Waals surface area contributed by atoms with Gasteiger partial charge < -0.3 is 5.32 Å². The maximum absolute atomic E-state index is 12.6. The number of carbonyl (C=O) groups excluding carboxylic acids is 1. The lowest BCUT2D eigenvalue weighted by atomic mass is 10.1. The number of alkyl halides is 3. The molecule has 0 bridgehead atoms. The second kappa shape index (κ2) is 5.14. The van der Waals surface area contributed by atoms with Gasteiger partial charge >= 0.3 is 6.18 Å². The standard InChI is InChI=1S/C14H10F3NO/c15-14(16,17)11-5-3-6-12(8-11)18-13-7-2-1-4-10(13)9-19/h1-9,18H. The van der Waals surface area contributed by atoms with E-state index in [1.54, 1.807) is 24.3 Å². The number of para-hydroxylation sites is 1. The van der Waals surface area contributed by atoms with Gasteiger partial charge in [0.2, 0.25) is 0 Å². The number of halogens is 3. The van der Waals surface area contributed by atoms with E-state index in [2.05, 4.69) is 5.32 Å². The molecule has 0 spiro atoms. The third-order valence-electron chi connectivity index (χ3n) is 2.56. The van der Waals surface area contributed by atoms with Crippen molar-refractivity contribution in [2.45, 2.75) is 6.18 Å². The highest BCUT2D eigenvalue weighted by molar-refractivity contribution is 5.85. The predicted molar refractivity (Wildman–Crippen MR) is 66.6 cm³/mol. The van der Waals surface area contributed by atoms with Crippen molar-refractivity contribution >= 4 is 17.7 Å². The van der Waals surface area contributed by atoms with Crippen molar-refractivity contribution < 1.29 is 18.0 Å². The molecule has 1 N–H and O–H groups in total. The summed E-state index contributed by atoms with van der Waals surface area (Å²) >= 11 is 0. The van der Waals surface area contributed by atoms with Crippen LogP contribution in [0.3, 0.4) is 0 Å². The Morgan fingerprint density at radius 3 is 2.42 bits per heavy atom. The van der Waals surface area contributed by atoms with Crippen molar-refractivity contribution in [3.05, 3.63) is 59.7 Å². The maximum Gasteiger partial charge on any atom is 0.416 e. The lowest BCUT2D eigenvalue weighted by Crippen LogP contribution is -2.05. The van der Waals surface area contributed by atoms with E-state index in [1.807, 2.05) is 0 Å². The average molecular weight is 265 g/mol. The van der Waals surface area contributed by atoms with E-state index < -0.39 is 11.7 Å². The Morgan fingerprint density at radius 2 is 1.74 bits per heavy atom. The molecule has 0 radical (unpaired) electrons. The van der Waals surface area contributed by atoms with Gasteiger partial charge in [-0.15, -0.1) is 0 Å². The number of hydrogen-bond acceptors (Lipinski definition) is 2. The molecule has 0 unspecified atom stereocenters. The summed E-state index contributed by atoms with van der Waals surface area (Å²) in [5, 5.41) is 2.80. The minimum atomic E-state index is -4.39. The molecule has 0 saturated heterocycles. The smallest absolute Gasteiger partial charge is 0.355 e. The van der Waals surface area contributed by atoms with Crippen LogP contribution in [0.1, 0.15) is 15.9 Å². The molecule has 0 aromatic heterocycles. The highest BCUT2D eigenvalue weighted by atomic mass is 19.4. The summed E-state index contributed by atoms with van der Waals surface area (Å²) in [5.74, 6) is 0. The zero-order valence-corrected chi connectivity index (χ0v) is 9.74. The molecule has 0 saturated carbocycles. The fourth-order valence-corrected chi connectivity index (χ4v) is 1.64. The lowest BCUT2D eigenvalue weighted by molar-refractivity contribution is -0.137. The van der Waals surface area contributed by atoms with Crippen LogP contribution >= 0.6 is 0 Å². The van der Waals surface area contributed by atoms with Gasteiger partial charge in [-0.25, -0.2) is 0 Å². The van der Waals surface area contributed by atoms with E-state index in [9.17, 15) is 18.0 Å². The lowest BCUT2D eigenvalue weighted by Gasteiger charge is -2.11. The van der Waals surface area contributed by atoms with E-state index in [0.717, 1.165) is 12.1 Å². The van der Waals surface area contributed by atoms with Crippen LogP contribution in [0.25, 0.3) is 0 Å². The summed E-state index contributed by atoms with van der Waals surface area (Å²) in [6.07, 6.45) is -3.74. The number of nitrogens with one attached hydrogen (secondary N) is 1. The SMILES string of the molecule is O=Cc1ccccc1Nc1cccc(C(F)(F)F)c1. The average Bonchev–Trinajstić information content (AvgIpc) is 2.39. The van der Waals surface area contributed by atoms with Crippen LogP contribution in [0.5, 0.6) is 0 Å². The number of benzene rings is 2. The first-order chi connectivity index (χ1) is 9.00. The Kier molecular flexibility index (Phi) is 3.55. The molecular weight excluding hydrogens is 255 g/mol. The molecule has 2 aromatic rings. The number of aldehydes is 1. The molecule has 0 amide bonds. The van der Waals surface area contributed by atoms with Gasteiger partial charge in [0.1, 0.15) is 0 Å². The van der Waals surface area contributed by atoms with Gasteiger partial charge in [0.25, 0.3) is 0 Å². The van der Waals surface area contributed by atoms with Gasteiger partial charge in [-0.05, 0) is 30.3 Å². The van der Waals surface area contributed by atoms with Gasteiger partial charge in [0, 0.05) is 16.9 Å². The summed E-state index contributed by atoms with van der Waals surface area (Å²) in [5.41, 5.74) is 0.405. The molecule has 2 nitrogen and oxygen atoms in total. The Balaban J connectivity index is 2.31. The number of rotatable bonds is 3. The van der Waals surface area contributed by atoms with Crippen molar-refractivity contribution in [2.75, 3.05) is 5.32 Å². The molecule has 0 fully saturated rings. The molecule has 19 heavy (non-hydrogen) atoms. The van der Waals surface area contributed by atoms with Crippen LogP contribution in [0.15, 0.2) is 48.5 Å². The Hall–Kier alpha value is -2.30. The third kappa shape index (κ3) is 3.13. The summed E-state index contributed by atoms with van der Waals surface area (Å²) in [7, 11) is 0. The zero-order valence-electron chi connectivity index (χ0n) is 9.74. The quantitative estimate of drug-likeness (QED) is 0.840. The molecule has 0 aliphatic carbocycles. The molecule has 98 valence electrons. The van der Waals surface area contributed by atoms with E-state index in [0.29, 0.717) is 17.5 Å². The van der Waals surface area contributed by atoms with Crippen LogP contribution in [0.2, 0.25) is 0 Å². The molecule has 0 heterocycles. The number of anilines is 2. The first-order valence-corrected chi connectivity index (χ1v) is 5.49. The monoisotopic (exact) mass is 265 g/mol. The van der Waals surface area contributed by atoms with Crippen molar-refractivity contribution in [3.8, 4) is 0 Å². The fraction of sp³-hybridized carbons (Fsp3) is 0.0714. The van der Waals surface area contributed by atoms with Gasteiger partial charge in [-0.1, -0.05) is 18.2 Å². The van der Waals surface area contributed by atoms with Crippen LogP contribution in [-0.4, -0.2) is 6.29 Å². The van der Waals surface area contributed by atoms with Gasteiger partial charge in [0.05, 0.1) is 5.56 Å². The zero-order chi connectivity index (χ0) is 13.9. The van der Waals surface area contributed by atoms with Gasteiger partial charge in [-0.2, -0.15) is 13.2 Å². The molecule has 0 aliphatic heterocycles. The first kappa shape index (κ1) is 13.1. The molecule has 2 aromatic carbocycles. The van der Waals surface area contributed by atoms with Crippen LogP contribution in [0, 0.1) is 0 Å². The summed E-state index contributed by atoms with van der Waals surface area (Å²) in [4.78, 5) is 10.8. The topological polar surface area (TPSA) is 29.1 Å². The largest absolute Gasteiger partial charge is 0.416 e. The van der Waals surface area contributed by atoms with Crippen molar-refractivity contribution in [1.82, 2.24) is 0 Å². The molecule has 2 rings (SSSR count). The molecule has 5 heteroatoms. The van der Waals surface area contributed by atoms with Crippen molar-refractivity contribution in [1.29, 1.82) is 0 Å². The highest BCUT2D eigenvalue weighted by Crippen LogP contribution is 2.31. The second-order valence-electron chi connectivity index (χ2n) is 3.91. The van der Waals surface area contributed by atoms with Crippen LogP contribution in [-0.2, 0) is 6.18 Å². The number of hydrogen-bond donors (Lipinski definition) is 1.